The third-order valence-corrected chi connectivity index (χ3v) is 10.1. The Kier molecular flexibility index (Phi) is 9.49. The quantitative estimate of drug-likeness (QED) is 0.103. The van der Waals surface area contributed by atoms with E-state index in [1.165, 1.54) is 12.1 Å². The summed E-state index contributed by atoms with van der Waals surface area (Å²) < 4.78 is 23.4. The predicted octanol–water partition coefficient (Wildman–Crippen LogP) is 5.01. The molecule has 2 aliphatic heterocycles. The lowest BCUT2D eigenvalue weighted by atomic mass is 9.92. The first-order valence-corrected chi connectivity index (χ1v) is 18.5. The van der Waals surface area contributed by atoms with Gasteiger partial charge in [0, 0.05) is 71.3 Å². The van der Waals surface area contributed by atoms with Gasteiger partial charge >= 0.3 is 0 Å². The van der Waals surface area contributed by atoms with Crippen LogP contribution in [0.4, 0.5) is 0 Å². The number of benzene rings is 2. The number of H-pyrrole nitrogens is 1. The highest BCUT2D eigenvalue weighted by atomic mass is 16.5. The van der Waals surface area contributed by atoms with Crippen molar-refractivity contribution in [3.63, 3.8) is 0 Å². The van der Waals surface area contributed by atoms with Crippen LogP contribution in [0, 0.1) is 11.8 Å². The SMILES string of the molecule is O=C1CCC(N2C(=O)c3ccc(OCCOCC#Cc4ccc(O[C@H]5C[C@H](Oc6ccc(-c7ccc8c(c7)[nH]c7ccncc78)cn6)C5)cn4)cc3C2=O)C(=O)N1. The van der Waals surface area contributed by atoms with Crippen LogP contribution in [0.2, 0.25) is 0 Å². The predicted molar refractivity (Wildman–Crippen MR) is 205 cm³/mol. The van der Waals surface area contributed by atoms with Crippen molar-refractivity contribution in [2.45, 2.75) is 43.9 Å². The Morgan fingerprint density at radius 2 is 1.60 bits per heavy atom. The van der Waals surface area contributed by atoms with E-state index in [4.69, 9.17) is 18.9 Å². The van der Waals surface area contributed by atoms with Crippen LogP contribution in [0.15, 0.2) is 91.5 Å². The molecule has 0 spiro atoms. The average molecular weight is 763 g/mol. The van der Waals surface area contributed by atoms with Crippen LogP contribution in [0.1, 0.15) is 52.1 Å². The highest BCUT2D eigenvalue weighted by molar-refractivity contribution is 6.23. The summed E-state index contributed by atoms with van der Waals surface area (Å²) in [6.45, 7) is 0.569. The van der Waals surface area contributed by atoms with Gasteiger partial charge in [-0.1, -0.05) is 18.1 Å². The molecule has 0 radical (unpaired) electrons. The van der Waals surface area contributed by atoms with Gasteiger partial charge in [0.05, 0.1) is 23.9 Å². The fourth-order valence-corrected chi connectivity index (χ4v) is 7.15. The fraction of sp³-hybridized carbons (Fsp3) is 0.233. The van der Waals surface area contributed by atoms with E-state index >= 15 is 0 Å². The first-order valence-electron chi connectivity index (χ1n) is 18.5. The fourth-order valence-electron chi connectivity index (χ4n) is 7.15. The monoisotopic (exact) mass is 762 g/mol. The molecule has 57 heavy (non-hydrogen) atoms. The maximum atomic E-state index is 13.0. The summed E-state index contributed by atoms with van der Waals surface area (Å²) in [7, 11) is 0. The van der Waals surface area contributed by atoms with E-state index in [9.17, 15) is 19.2 Å². The molecule has 14 nitrogen and oxygen atoms in total. The standard InChI is InChI=1S/C43H34N6O8/c50-39-11-10-38(41(51)48-39)49-42(52)33-9-7-28(21-34(33)43(49)53)55-17-16-54-15-1-2-27-5-6-29(23-45-27)56-30-19-31(20-30)57-40-12-4-26(22-46-40)25-3-8-32-35-24-44-14-13-36(35)47-37(32)18-25/h3-9,12-14,18,21-24,30-31,38,47H,10-11,15-17,19-20H2,(H,48,50,51)/t30-,31-,38?. The Morgan fingerprint density at radius 1 is 0.754 bits per heavy atom. The molecule has 9 rings (SSSR count). The molecule has 4 amide bonds. The maximum Gasteiger partial charge on any atom is 0.262 e. The number of imide groups is 2. The van der Waals surface area contributed by atoms with Crippen LogP contribution in [0.25, 0.3) is 32.9 Å². The molecule has 2 fully saturated rings. The van der Waals surface area contributed by atoms with E-state index in [0.717, 1.165) is 50.7 Å². The maximum absolute atomic E-state index is 13.0. The minimum absolute atomic E-state index is 0.0224. The first-order chi connectivity index (χ1) is 27.9. The highest BCUT2D eigenvalue weighted by Crippen LogP contribution is 2.33. The number of amides is 4. The number of fused-ring (bicyclic) bond motifs is 4. The molecule has 0 bridgehead atoms. The molecule has 3 aliphatic rings. The Bertz CT molecular complexity index is 2610. The van der Waals surface area contributed by atoms with Gasteiger partial charge < -0.3 is 23.9 Å². The van der Waals surface area contributed by atoms with Gasteiger partial charge in [0.25, 0.3) is 11.8 Å². The molecule has 1 saturated heterocycles. The largest absolute Gasteiger partial charge is 0.491 e. The zero-order chi connectivity index (χ0) is 38.9. The van der Waals surface area contributed by atoms with E-state index in [0.29, 0.717) is 23.1 Å². The minimum atomic E-state index is -1.02. The van der Waals surface area contributed by atoms with Gasteiger partial charge in [-0.05, 0) is 66.4 Å². The summed E-state index contributed by atoms with van der Waals surface area (Å²) in [6.07, 6.45) is 8.82. The van der Waals surface area contributed by atoms with E-state index in [-0.39, 0.29) is 56.0 Å². The number of nitrogens with one attached hydrogen (secondary N) is 2. The molecule has 1 atom stereocenters. The van der Waals surface area contributed by atoms with E-state index in [1.807, 2.05) is 36.7 Å². The Balaban J connectivity index is 0.679. The lowest BCUT2D eigenvalue weighted by molar-refractivity contribution is -0.136. The van der Waals surface area contributed by atoms with Gasteiger partial charge in [0.15, 0.2) is 0 Å². The second-order valence-electron chi connectivity index (χ2n) is 13.9. The van der Waals surface area contributed by atoms with Crippen LogP contribution >= 0.6 is 0 Å². The Morgan fingerprint density at radius 3 is 2.42 bits per heavy atom. The van der Waals surface area contributed by atoms with Crippen LogP contribution < -0.4 is 19.5 Å². The van der Waals surface area contributed by atoms with Crippen molar-refractivity contribution in [1.82, 2.24) is 30.2 Å². The van der Waals surface area contributed by atoms with Crippen molar-refractivity contribution in [2.75, 3.05) is 19.8 Å². The molecule has 1 unspecified atom stereocenters. The number of aromatic amines is 1. The summed E-state index contributed by atoms with van der Waals surface area (Å²) in [4.78, 5) is 67.2. The second kappa shape index (κ2) is 15.2. The lowest BCUT2D eigenvalue weighted by Gasteiger charge is -2.34. The number of carbonyl (C=O) groups excluding carboxylic acids is 4. The number of hydrogen-bond donors (Lipinski definition) is 2. The first kappa shape index (κ1) is 35.6. The van der Waals surface area contributed by atoms with Crippen molar-refractivity contribution in [1.29, 1.82) is 0 Å². The summed E-state index contributed by atoms with van der Waals surface area (Å²) >= 11 is 0. The van der Waals surface area contributed by atoms with E-state index in [1.54, 1.807) is 24.5 Å². The zero-order valence-corrected chi connectivity index (χ0v) is 30.4. The lowest BCUT2D eigenvalue weighted by Crippen LogP contribution is -2.54. The number of rotatable bonds is 11. The van der Waals surface area contributed by atoms with Crippen LogP contribution in [-0.4, -0.2) is 86.5 Å². The summed E-state index contributed by atoms with van der Waals surface area (Å²) in [6, 6.07) is 19.4. The number of nitrogens with zero attached hydrogens (tertiary/aromatic N) is 4. The normalized spacial score (nSPS) is 18.8. The summed E-state index contributed by atoms with van der Waals surface area (Å²) in [5.74, 6) is 5.26. The molecule has 2 N–H and O–H groups in total. The van der Waals surface area contributed by atoms with Crippen molar-refractivity contribution < 1.29 is 38.1 Å². The van der Waals surface area contributed by atoms with Crippen LogP contribution in [-0.2, 0) is 14.3 Å². The molecule has 284 valence electrons. The summed E-state index contributed by atoms with van der Waals surface area (Å²) in [5.41, 5.74) is 5.10. The van der Waals surface area contributed by atoms with Gasteiger partial charge in [-0.2, -0.15) is 0 Å². The summed E-state index contributed by atoms with van der Waals surface area (Å²) in [5, 5.41) is 4.43. The zero-order valence-electron chi connectivity index (χ0n) is 30.4. The highest BCUT2D eigenvalue weighted by Gasteiger charge is 2.44. The average Bonchev–Trinajstić information content (AvgIpc) is 3.70. The Hall–Kier alpha value is -7.11. The van der Waals surface area contributed by atoms with Crippen LogP contribution in [0.3, 0.4) is 0 Å². The number of pyridine rings is 3. The third kappa shape index (κ3) is 7.36. The Labute approximate surface area is 325 Å². The molecule has 1 aliphatic carbocycles. The van der Waals surface area contributed by atoms with Crippen molar-refractivity contribution in [2.24, 2.45) is 0 Å². The molecule has 14 heteroatoms. The smallest absolute Gasteiger partial charge is 0.262 e. The van der Waals surface area contributed by atoms with Gasteiger partial charge in [-0.15, -0.1) is 0 Å². The van der Waals surface area contributed by atoms with Crippen molar-refractivity contribution in [3.05, 3.63) is 108 Å². The van der Waals surface area contributed by atoms with Crippen molar-refractivity contribution in [3.8, 4) is 40.3 Å². The third-order valence-electron chi connectivity index (χ3n) is 10.1. The molecule has 1 saturated carbocycles. The molecular formula is C43H34N6O8. The number of piperidine rings is 1. The van der Waals surface area contributed by atoms with Crippen LogP contribution in [0.5, 0.6) is 17.4 Å². The molecule has 6 heterocycles. The minimum Gasteiger partial charge on any atom is -0.491 e. The number of aromatic nitrogens is 4. The topological polar surface area (TPSA) is 175 Å². The molecular weight excluding hydrogens is 729 g/mol. The number of hydrogen-bond acceptors (Lipinski definition) is 11. The molecule has 4 aromatic heterocycles. The molecule has 6 aromatic rings. The van der Waals surface area contributed by atoms with Gasteiger partial charge in [-0.3, -0.25) is 34.4 Å². The van der Waals surface area contributed by atoms with Gasteiger partial charge in [-0.25, -0.2) is 9.97 Å². The van der Waals surface area contributed by atoms with Gasteiger partial charge in [0.1, 0.15) is 48.7 Å². The van der Waals surface area contributed by atoms with Crippen molar-refractivity contribution >= 4 is 45.4 Å². The number of ether oxygens (including phenoxy) is 4. The molecule has 2 aromatic carbocycles. The van der Waals surface area contributed by atoms with E-state index < -0.39 is 29.7 Å². The number of carbonyl (C=O) groups is 4. The van der Waals surface area contributed by atoms with Gasteiger partial charge in [0.2, 0.25) is 17.7 Å². The second-order valence-corrected chi connectivity index (χ2v) is 13.9. The van der Waals surface area contributed by atoms with E-state index in [2.05, 4.69) is 55.3 Å².